The Morgan fingerprint density at radius 3 is 2.32 bits per heavy atom. The second-order valence-electron chi connectivity index (χ2n) is 5.77. The van der Waals surface area contributed by atoms with E-state index in [9.17, 15) is 13.2 Å². The van der Waals surface area contributed by atoms with E-state index < -0.39 is 15.4 Å². The molecule has 0 aliphatic rings. The zero-order valence-electron chi connectivity index (χ0n) is 12.1. The van der Waals surface area contributed by atoms with Crippen molar-refractivity contribution in [2.24, 2.45) is 5.41 Å². The quantitative estimate of drug-likeness (QED) is 0.921. The molecule has 106 valence electrons. The summed E-state index contributed by atoms with van der Waals surface area (Å²) in [7, 11) is -3.64. The Bertz CT molecular complexity index is 583. The van der Waals surface area contributed by atoms with E-state index in [-0.39, 0.29) is 17.2 Å². The largest absolute Gasteiger partial charge is 0.298 e. The molecule has 1 N–H and O–H groups in total. The highest BCUT2D eigenvalue weighted by molar-refractivity contribution is 7.89. The first-order chi connectivity index (χ1) is 8.54. The van der Waals surface area contributed by atoms with Gasteiger partial charge in [0.2, 0.25) is 10.0 Å². The molecule has 5 heteroatoms. The average Bonchev–Trinajstić information content (AvgIpc) is 2.28. The molecule has 0 aliphatic heterocycles. The van der Waals surface area contributed by atoms with Gasteiger partial charge in [-0.25, -0.2) is 13.1 Å². The van der Waals surface area contributed by atoms with Crippen LogP contribution in [0.4, 0.5) is 0 Å². The fourth-order valence-electron chi connectivity index (χ4n) is 1.50. The van der Waals surface area contributed by atoms with Gasteiger partial charge in [0, 0.05) is 5.41 Å². The standard InChI is InChI=1S/C14H21NO3S/c1-10-6-7-11(2)12(8-10)19(17,18)15-9-13(16)14(3,4)5/h6-8,15H,9H2,1-5H3. The van der Waals surface area contributed by atoms with Crippen LogP contribution in [0.3, 0.4) is 0 Å². The van der Waals surface area contributed by atoms with Crippen molar-refractivity contribution in [2.45, 2.75) is 39.5 Å². The van der Waals surface area contributed by atoms with Crippen molar-refractivity contribution in [3.05, 3.63) is 29.3 Å². The van der Waals surface area contributed by atoms with Gasteiger partial charge in [0.05, 0.1) is 11.4 Å². The van der Waals surface area contributed by atoms with Gasteiger partial charge in [0.15, 0.2) is 5.78 Å². The summed E-state index contributed by atoms with van der Waals surface area (Å²) in [6.45, 7) is 8.68. The van der Waals surface area contributed by atoms with E-state index >= 15 is 0 Å². The van der Waals surface area contributed by atoms with Gasteiger partial charge in [-0.15, -0.1) is 0 Å². The summed E-state index contributed by atoms with van der Waals surface area (Å²) in [6.07, 6.45) is 0. The van der Waals surface area contributed by atoms with Crippen LogP contribution in [-0.4, -0.2) is 20.7 Å². The number of Topliss-reactive ketones (excluding diaryl/α,β-unsaturated/α-hetero) is 1. The van der Waals surface area contributed by atoms with Crippen molar-refractivity contribution >= 4 is 15.8 Å². The van der Waals surface area contributed by atoms with Gasteiger partial charge in [0.1, 0.15) is 0 Å². The molecule has 0 unspecified atom stereocenters. The fourth-order valence-corrected chi connectivity index (χ4v) is 2.81. The highest BCUT2D eigenvalue weighted by Gasteiger charge is 2.24. The van der Waals surface area contributed by atoms with Gasteiger partial charge in [0.25, 0.3) is 0 Å². The Balaban J connectivity index is 2.94. The topological polar surface area (TPSA) is 63.2 Å². The van der Waals surface area contributed by atoms with Gasteiger partial charge in [-0.05, 0) is 31.0 Å². The third-order valence-corrected chi connectivity index (χ3v) is 4.44. The Hall–Kier alpha value is -1.20. The van der Waals surface area contributed by atoms with Crippen LogP contribution in [0.25, 0.3) is 0 Å². The van der Waals surface area contributed by atoms with E-state index in [1.165, 1.54) is 0 Å². The molecule has 1 aromatic carbocycles. The molecule has 0 atom stereocenters. The predicted molar refractivity (Wildman–Crippen MR) is 75.6 cm³/mol. The predicted octanol–water partition coefficient (Wildman–Crippen LogP) is 2.20. The SMILES string of the molecule is Cc1ccc(C)c(S(=O)(=O)NCC(=O)C(C)(C)C)c1. The third-order valence-electron chi connectivity index (χ3n) is 2.89. The van der Waals surface area contributed by atoms with Gasteiger partial charge in [-0.2, -0.15) is 0 Å². The maximum absolute atomic E-state index is 12.2. The number of nitrogens with one attached hydrogen (secondary N) is 1. The molecule has 1 rings (SSSR count). The normalized spacial score (nSPS) is 12.5. The summed E-state index contributed by atoms with van der Waals surface area (Å²) in [4.78, 5) is 12.0. The number of ketones is 1. The molecule has 1 aromatic rings. The lowest BCUT2D eigenvalue weighted by Crippen LogP contribution is -2.35. The number of hydrogen-bond donors (Lipinski definition) is 1. The van der Waals surface area contributed by atoms with E-state index in [0.717, 1.165) is 5.56 Å². The van der Waals surface area contributed by atoms with E-state index in [1.807, 2.05) is 13.0 Å². The Labute approximate surface area is 115 Å². The molecule has 0 heterocycles. The lowest BCUT2D eigenvalue weighted by Gasteiger charge is -2.17. The molecule has 0 amide bonds. The zero-order chi connectivity index (χ0) is 14.8. The summed E-state index contributed by atoms with van der Waals surface area (Å²) >= 11 is 0. The van der Waals surface area contributed by atoms with Gasteiger partial charge < -0.3 is 0 Å². The molecule has 4 nitrogen and oxygen atoms in total. The second kappa shape index (κ2) is 5.43. The molecular weight excluding hydrogens is 262 g/mol. The smallest absolute Gasteiger partial charge is 0.241 e. The number of carbonyl (C=O) groups excluding carboxylic acids is 1. The number of benzene rings is 1. The molecule has 0 saturated heterocycles. The van der Waals surface area contributed by atoms with Crippen LogP contribution in [0.5, 0.6) is 0 Å². The summed E-state index contributed by atoms with van der Waals surface area (Å²) in [5.74, 6) is -0.138. The minimum Gasteiger partial charge on any atom is -0.298 e. The molecule has 0 radical (unpaired) electrons. The molecule has 0 spiro atoms. The van der Waals surface area contributed by atoms with Crippen molar-refractivity contribution in [3.8, 4) is 0 Å². The van der Waals surface area contributed by atoms with Crippen LogP contribution in [0.2, 0.25) is 0 Å². The number of hydrogen-bond acceptors (Lipinski definition) is 3. The molecule has 0 aliphatic carbocycles. The molecular formula is C14H21NO3S. The number of rotatable bonds is 4. The van der Waals surface area contributed by atoms with Crippen LogP contribution in [0.1, 0.15) is 31.9 Å². The van der Waals surface area contributed by atoms with Crippen molar-refractivity contribution in [1.29, 1.82) is 0 Å². The highest BCUT2D eigenvalue weighted by Crippen LogP contribution is 2.18. The van der Waals surface area contributed by atoms with Crippen molar-refractivity contribution in [2.75, 3.05) is 6.54 Å². The first kappa shape index (κ1) is 15.9. The fraction of sp³-hybridized carbons (Fsp3) is 0.500. The van der Waals surface area contributed by atoms with Gasteiger partial charge in [-0.3, -0.25) is 4.79 Å². The summed E-state index contributed by atoms with van der Waals surface area (Å²) in [5.41, 5.74) is 0.985. The van der Waals surface area contributed by atoms with E-state index in [0.29, 0.717) is 5.56 Å². The third kappa shape index (κ3) is 4.14. The van der Waals surface area contributed by atoms with Crippen molar-refractivity contribution in [3.63, 3.8) is 0 Å². The maximum atomic E-state index is 12.2. The van der Waals surface area contributed by atoms with E-state index in [1.54, 1.807) is 39.8 Å². The van der Waals surface area contributed by atoms with Gasteiger partial charge in [-0.1, -0.05) is 32.9 Å². The number of sulfonamides is 1. The van der Waals surface area contributed by atoms with Crippen LogP contribution in [0.15, 0.2) is 23.1 Å². The molecule has 0 fully saturated rings. The summed E-state index contributed by atoms with van der Waals surface area (Å²) in [6, 6.07) is 5.23. The maximum Gasteiger partial charge on any atom is 0.241 e. The first-order valence-corrected chi connectivity index (χ1v) is 7.62. The molecule has 0 saturated carbocycles. The molecule has 0 aromatic heterocycles. The zero-order valence-corrected chi connectivity index (χ0v) is 12.9. The minimum absolute atomic E-state index is 0.138. The first-order valence-electron chi connectivity index (χ1n) is 6.14. The Morgan fingerprint density at radius 2 is 1.79 bits per heavy atom. The molecule has 0 bridgehead atoms. The minimum atomic E-state index is -3.64. The monoisotopic (exact) mass is 283 g/mol. The summed E-state index contributed by atoms with van der Waals surface area (Å²) < 4.78 is 26.7. The number of aryl methyl sites for hydroxylation is 2. The van der Waals surface area contributed by atoms with E-state index in [2.05, 4.69) is 4.72 Å². The second-order valence-corrected chi connectivity index (χ2v) is 7.50. The Morgan fingerprint density at radius 1 is 1.21 bits per heavy atom. The van der Waals surface area contributed by atoms with Crippen LogP contribution >= 0.6 is 0 Å². The summed E-state index contributed by atoms with van der Waals surface area (Å²) in [5, 5.41) is 0. The van der Waals surface area contributed by atoms with E-state index in [4.69, 9.17) is 0 Å². The number of carbonyl (C=O) groups is 1. The Kier molecular flexibility index (Phi) is 4.53. The van der Waals surface area contributed by atoms with Gasteiger partial charge >= 0.3 is 0 Å². The van der Waals surface area contributed by atoms with Crippen molar-refractivity contribution in [1.82, 2.24) is 4.72 Å². The average molecular weight is 283 g/mol. The highest BCUT2D eigenvalue weighted by atomic mass is 32.2. The van der Waals surface area contributed by atoms with Crippen molar-refractivity contribution < 1.29 is 13.2 Å². The van der Waals surface area contributed by atoms with Crippen LogP contribution in [-0.2, 0) is 14.8 Å². The van der Waals surface area contributed by atoms with Crippen LogP contribution in [0, 0.1) is 19.3 Å². The lowest BCUT2D eigenvalue weighted by atomic mass is 9.91. The van der Waals surface area contributed by atoms with Crippen LogP contribution < -0.4 is 4.72 Å². The lowest BCUT2D eigenvalue weighted by molar-refractivity contribution is -0.125. The molecule has 19 heavy (non-hydrogen) atoms.